The Kier molecular flexibility index (Phi) is 3.78. The third-order valence-corrected chi connectivity index (χ3v) is 3.65. The van der Waals surface area contributed by atoms with Crippen LogP contribution in [-0.4, -0.2) is 24.2 Å². The maximum Gasteiger partial charge on any atom is 0.338 e. The number of fused-ring (bicyclic) bond motifs is 2. The predicted molar refractivity (Wildman–Crippen MR) is 85.2 cm³/mol. The van der Waals surface area contributed by atoms with Crippen LogP contribution in [0.3, 0.4) is 0 Å². The minimum absolute atomic E-state index is 0.0258. The van der Waals surface area contributed by atoms with E-state index in [1.165, 1.54) is 0 Å². The van der Waals surface area contributed by atoms with Gasteiger partial charge < -0.3 is 18.6 Å². The number of esters is 1. The Balaban J connectivity index is 1.47. The largest absolute Gasteiger partial charge is 0.490 e. The van der Waals surface area contributed by atoms with E-state index in [9.17, 15) is 4.79 Å². The Morgan fingerprint density at radius 3 is 2.79 bits per heavy atom. The highest BCUT2D eigenvalue weighted by Crippen LogP contribution is 2.30. The lowest BCUT2D eigenvalue weighted by atomic mass is 10.2. The van der Waals surface area contributed by atoms with E-state index in [2.05, 4.69) is 4.98 Å². The van der Waals surface area contributed by atoms with Crippen LogP contribution in [0.1, 0.15) is 22.7 Å². The summed E-state index contributed by atoms with van der Waals surface area (Å²) in [5, 5.41) is 0. The van der Waals surface area contributed by atoms with Crippen LogP contribution in [0.15, 0.2) is 46.9 Å². The number of nitrogens with zero attached hydrogens (tertiary/aromatic N) is 1. The zero-order valence-electron chi connectivity index (χ0n) is 12.9. The summed E-state index contributed by atoms with van der Waals surface area (Å²) in [6.45, 7) is 1.14. The fourth-order valence-corrected chi connectivity index (χ4v) is 2.48. The molecule has 0 amide bonds. The molecule has 0 atom stereocenters. The van der Waals surface area contributed by atoms with Crippen molar-refractivity contribution in [3.63, 3.8) is 0 Å². The topological polar surface area (TPSA) is 70.8 Å². The van der Waals surface area contributed by atoms with Crippen molar-refractivity contribution in [1.82, 2.24) is 4.98 Å². The molecule has 0 saturated carbocycles. The molecular formula is C18H15NO5. The molecule has 0 spiro atoms. The first-order valence-electron chi connectivity index (χ1n) is 7.71. The number of benzene rings is 2. The molecule has 0 saturated heterocycles. The van der Waals surface area contributed by atoms with Gasteiger partial charge in [-0.25, -0.2) is 9.78 Å². The van der Waals surface area contributed by atoms with Gasteiger partial charge in [0, 0.05) is 6.42 Å². The molecule has 6 nitrogen and oxygen atoms in total. The van der Waals surface area contributed by atoms with Gasteiger partial charge in [0.05, 0.1) is 18.8 Å². The van der Waals surface area contributed by atoms with Gasteiger partial charge in [-0.2, -0.15) is 0 Å². The van der Waals surface area contributed by atoms with E-state index < -0.39 is 5.97 Å². The monoisotopic (exact) mass is 325 g/mol. The standard InChI is InChI=1S/C18H15NO5/c20-18(12-6-7-15-16(10-12)22-9-3-8-21-15)23-11-17-19-13-4-1-2-5-14(13)24-17/h1-2,4-7,10H,3,8-9,11H2. The molecule has 0 aliphatic carbocycles. The Morgan fingerprint density at radius 2 is 1.92 bits per heavy atom. The van der Waals surface area contributed by atoms with E-state index in [4.69, 9.17) is 18.6 Å². The van der Waals surface area contributed by atoms with Gasteiger partial charge in [-0.3, -0.25) is 0 Å². The molecule has 2 heterocycles. The molecule has 24 heavy (non-hydrogen) atoms. The SMILES string of the molecule is O=C(OCc1nc2ccccc2o1)c1ccc2c(c1)OCCCO2. The number of hydrogen-bond donors (Lipinski definition) is 0. The fourth-order valence-electron chi connectivity index (χ4n) is 2.48. The second-order valence-corrected chi connectivity index (χ2v) is 5.36. The number of ether oxygens (including phenoxy) is 3. The minimum Gasteiger partial charge on any atom is -0.490 e. The van der Waals surface area contributed by atoms with Gasteiger partial charge in [0.15, 0.2) is 23.7 Å². The maximum atomic E-state index is 12.2. The van der Waals surface area contributed by atoms with Crippen LogP contribution >= 0.6 is 0 Å². The molecule has 0 N–H and O–H groups in total. The third kappa shape index (κ3) is 2.90. The van der Waals surface area contributed by atoms with E-state index >= 15 is 0 Å². The summed E-state index contributed by atoms with van der Waals surface area (Å²) < 4.78 is 21.9. The first-order valence-corrected chi connectivity index (χ1v) is 7.71. The van der Waals surface area contributed by atoms with Crippen LogP contribution in [0, 0.1) is 0 Å². The number of oxazole rings is 1. The molecule has 0 fully saturated rings. The normalized spacial score (nSPS) is 13.5. The zero-order chi connectivity index (χ0) is 16.4. The smallest absolute Gasteiger partial charge is 0.338 e. The average Bonchev–Trinajstić information content (AvgIpc) is 2.88. The molecule has 2 aromatic carbocycles. The number of carbonyl (C=O) groups is 1. The van der Waals surface area contributed by atoms with Crippen LogP contribution in [0.4, 0.5) is 0 Å². The summed E-state index contributed by atoms with van der Waals surface area (Å²) in [7, 11) is 0. The molecule has 122 valence electrons. The Morgan fingerprint density at radius 1 is 1.08 bits per heavy atom. The molecule has 3 aromatic rings. The second-order valence-electron chi connectivity index (χ2n) is 5.36. The highest BCUT2D eigenvalue weighted by Gasteiger charge is 2.16. The molecule has 0 unspecified atom stereocenters. The average molecular weight is 325 g/mol. The third-order valence-electron chi connectivity index (χ3n) is 3.65. The minimum atomic E-state index is -0.465. The highest BCUT2D eigenvalue weighted by molar-refractivity contribution is 5.90. The van der Waals surface area contributed by atoms with Gasteiger partial charge in [0.2, 0.25) is 5.89 Å². The van der Waals surface area contributed by atoms with Gasteiger partial charge in [0.25, 0.3) is 0 Å². The van der Waals surface area contributed by atoms with Gasteiger partial charge >= 0.3 is 5.97 Å². The molecule has 1 aliphatic heterocycles. The Labute approximate surface area is 138 Å². The zero-order valence-corrected chi connectivity index (χ0v) is 12.9. The lowest BCUT2D eigenvalue weighted by Crippen LogP contribution is -2.06. The first kappa shape index (κ1) is 14.6. The predicted octanol–water partition coefficient (Wildman–Crippen LogP) is 3.35. The summed E-state index contributed by atoms with van der Waals surface area (Å²) in [6.07, 6.45) is 0.812. The summed E-state index contributed by atoms with van der Waals surface area (Å²) in [5.41, 5.74) is 1.80. The van der Waals surface area contributed by atoms with Crippen molar-refractivity contribution < 1.29 is 23.4 Å². The van der Waals surface area contributed by atoms with Crippen molar-refractivity contribution in [2.24, 2.45) is 0 Å². The number of rotatable bonds is 3. The number of para-hydroxylation sites is 2. The summed E-state index contributed by atoms with van der Waals surface area (Å²) in [6, 6.07) is 12.4. The van der Waals surface area contributed by atoms with Crippen LogP contribution in [0.5, 0.6) is 11.5 Å². The highest BCUT2D eigenvalue weighted by atomic mass is 16.5. The molecule has 1 aliphatic rings. The summed E-state index contributed by atoms with van der Waals surface area (Å²) in [4.78, 5) is 16.5. The van der Waals surface area contributed by atoms with Crippen molar-refractivity contribution in [1.29, 1.82) is 0 Å². The molecule has 0 radical (unpaired) electrons. The van der Waals surface area contributed by atoms with Crippen molar-refractivity contribution in [2.45, 2.75) is 13.0 Å². The van der Waals surface area contributed by atoms with Gasteiger partial charge in [-0.1, -0.05) is 12.1 Å². The number of carbonyl (C=O) groups excluding carboxylic acids is 1. The number of aromatic nitrogens is 1. The van der Waals surface area contributed by atoms with Crippen LogP contribution in [-0.2, 0) is 11.3 Å². The molecule has 4 rings (SSSR count). The summed E-state index contributed by atoms with van der Waals surface area (Å²) >= 11 is 0. The van der Waals surface area contributed by atoms with Crippen LogP contribution in [0.2, 0.25) is 0 Å². The lowest BCUT2D eigenvalue weighted by molar-refractivity contribution is 0.0440. The van der Waals surface area contributed by atoms with Crippen molar-refractivity contribution in [2.75, 3.05) is 13.2 Å². The second kappa shape index (κ2) is 6.23. The van der Waals surface area contributed by atoms with Gasteiger partial charge in [-0.15, -0.1) is 0 Å². The maximum absolute atomic E-state index is 12.2. The molecular weight excluding hydrogens is 310 g/mol. The lowest BCUT2D eigenvalue weighted by Gasteiger charge is -2.08. The van der Waals surface area contributed by atoms with E-state index in [-0.39, 0.29) is 6.61 Å². The quantitative estimate of drug-likeness (QED) is 0.688. The van der Waals surface area contributed by atoms with E-state index in [0.29, 0.717) is 41.7 Å². The molecule has 0 bridgehead atoms. The van der Waals surface area contributed by atoms with Crippen LogP contribution < -0.4 is 9.47 Å². The Bertz CT molecular complexity index is 853. The van der Waals surface area contributed by atoms with Gasteiger partial charge in [-0.05, 0) is 30.3 Å². The van der Waals surface area contributed by atoms with E-state index in [0.717, 1.165) is 11.9 Å². The fraction of sp³-hybridized carbons (Fsp3) is 0.222. The molecule has 6 heteroatoms. The van der Waals surface area contributed by atoms with Crippen molar-refractivity contribution >= 4 is 17.1 Å². The summed E-state index contributed by atoms with van der Waals surface area (Å²) in [5.74, 6) is 1.10. The molecule has 1 aromatic heterocycles. The number of hydrogen-bond acceptors (Lipinski definition) is 6. The van der Waals surface area contributed by atoms with Crippen LogP contribution in [0.25, 0.3) is 11.1 Å². The first-order chi connectivity index (χ1) is 11.8. The van der Waals surface area contributed by atoms with Gasteiger partial charge in [0.1, 0.15) is 5.52 Å². The van der Waals surface area contributed by atoms with Crippen molar-refractivity contribution in [3.8, 4) is 11.5 Å². The van der Waals surface area contributed by atoms with E-state index in [1.807, 2.05) is 24.3 Å². The van der Waals surface area contributed by atoms with E-state index in [1.54, 1.807) is 18.2 Å². The van der Waals surface area contributed by atoms with Crippen molar-refractivity contribution in [3.05, 3.63) is 53.9 Å². The Hall–Kier alpha value is -3.02.